The molecular weight excluding hydrogens is 545 g/mol. The van der Waals surface area contributed by atoms with Crippen LogP contribution in [0.5, 0.6) is 6.01 Å². The Bertz CT molecular complexity index is 1640. The monoisotopic (exact) mass is 575 g/mol. The summed E-state index contributed by atoms with van der Waals surface area (Å²) < 4.78 is 28.6. The van der Waals surface area contributed by atoms with Gasteiger partial charge < -0.3 is 19.7 Å². The lowest BCUT2D eigenvalue weighted by atomic mass is 10.0. The second kappa shape index (κ2) is 11.3. The smallest absolute Gasteiger partial charge is 0.319 e. The number of likely N-dealkylation sites (N-methyl/N-ethyl adjacent to an activating group) is 1. The van der Waals surface area contributed by atoms with Gasteiger partial charge in [-0.05, 0) is 31.3 Å². The van der Waals surface area contributed by atoms with E-state index in [0.29, 0.717) is 47.8 Å². The lowest BCUT2D eigenvalue weighted by Gasteiger charge is -2.35. The van der Waals surface area contributed by atoms with Crippen molar-refractivity contribution in [2.45, 2.75) is 31.0 Å². The van der Waals surface area contributed by atoms with Gasteiger partial charge in [0.15, 0.2) is 11.5 Å². The highest BCUT2D eigenvalue weighted by Gasteiger charge is 2.40. The van der Waals surface area contributed by atoms with Gasteiger partial charge in [-0.1, -0.05) is 41.9 Å². The van der Waals surface area contributed by atoms with Crippen LogP contribution in [0.4, 0.5) is 10.2 Å². The van der Waals surface area contributed by atoms with Crippen LogP contribution in [0.3, 0.4) is 0 Å². The van der Waals surface area contributed by atoms with Crippen molar-refractivity contribution in [3.05, 3.63) is 53.4 Å². The zero-order chi connectivity index (χ0) is 28.6. The minimum atomic E-state index is -0.604. The van der Waals surface area contributed by atoms with Gasteiger partial charge in [0.05, 0.1) is 17.9 Å². The highest BCUT2D eigenvalue weighted by molar-refractivity contribution is 6.36. The van der Waals surface area contributed by atoms with Crippen molar-refractivity contribution in [1.29, 1.82) is 5.26 Å². The van der Waals surface area contributed by atoms with Crippen molar-refractivity contribution in [2.75, 3.05) is 51.8 Å². The average molecular weight is 576 g/mol. The Labute approximate surface area is 242 Å². The Balaban J connectivity index is 1.48. The molecule has 1 N–H and O–H groups in total. The van der Waals surface area contributed by atoms with E-state index in [1.54, 1.807) is 19.4 Å². The third kappa shape index (κ3) is 5.04. The van der Waals surface area contributed by atoms with Crippen LogP contribution in [0.2, 0.25) is 5.02 Å². The molecule has 2 saturated heterocycles. The maximum Gasteiger partial charge on any atom is 0.319 e. The summed E-state index contributed by atoms with van der Waals surface area (Å²) in [6, 6.07) is 13.4. The molecule has 4 heterocycles. The van der Waals surface area contributed by atoms with Gasteiger partial charge in [-0.2, -0.15) is 15.2 Å². The van der Waals surface area contributed by atoms with Crippen LogP contribution in [0.15, 0.2) is 42.6 Å². The van der Waals surface area contributed by atoms with Crippen molar-refractivity contribution < 1.29 is 13.9 Å². The fourth-order valence-corrected chi connectivity index (χ4v) is 6.22. The summed E-state index contributed by atoms with van der Waals surface area (Å²) in [5.74, 6) is -0.0545. The summed E-state index contributed by atoms with van der Waals surface area (Å²) in [4.78, 5) is 18.1. The Morgan fingerprint density at radius 1 is 1.22 bits per heavy atom. The van der Waals surface area contributed by atoms with Crippen LogP contribution in [-0.4, -0.2) is 78.6 Å². The van der Waals surface area contributed by atoms with Crippen molar-refractivity contribution in [1.82, 2.24) is 25.2 Å². The number of nitriles is 1. The van der Waals surface area contributed by atoms with Gasteiger partial charge in [0.1, 0.15) is 23.6 Å². The number of aromatic nitrogens is 3. The van der Waals surface area contributed by atoms with Gasteiger partial charge in [0.25, 0.3) is 0 Å². The molecule has 0 spiro atoms. The highest BCUT2D eigenvalue weighted by Crippen LogP contribution is 2.38. The maximum absolute atomic E-state index is 16.5. The molecule has 0 saturated carbocycles. The highest BCUT2D eigenvalue weighted by atomic mass is 35.5. The molecule has 11 heteroatoms. The van der Waals surface area contributed by atoms with Gasteiger partial charge in [0, 0.05) is 61.5 Å². The predicted octanol–water partition coefficient (Wildman–Crippen LogP) is 4.78. The number of piperazine rings is 1. The van der Waals surface area contributed by atoms with E-state index in [9.17, 15) is 5.26 Å². The molecule has 6 rings (SSSR count). The second-order valence-corrected chi connectivity index (χ2v) is 11.0. The summed E-state index contributed by atoms with van der Waals surface area (Å²) in [7, 11) is 3.66. The summed E-state index contributed by atoms with van der Waals surface area (Å²) in [5, 5.41) is 15.2. The first-order valence-corrected chi connectivity index (χ1v) is 14.1. The number of nitrogens with one attached hydrogen (secondary N) is 1. The number of ether oxygens (including phenoxy) is 2. The van der Waals surface area contributed by atoms with E-state index in [1.165, 1.54) is 0 Å². The molecule has 9 nitrogen and oxygen atoms in total. The van der Waals surface area contributed by atoms with E-state index < -0.39 is 11.5 Å². The number of anilines is 1. The van der Waals surface area contributed by atoms with Gasteiger partial charge in [-0.3, -0.25) is 9.88 Å². The van der Waals surface area contributed by atoms with Crippen LogP contribution < -0.4 is 15.0 Å². The van der Waals surface area contributed by atoms with E-state index in [1.807, 2.05) is 42.3 Å². The Hall–Kier alpha value is -3.62. The van der Waals surface area contributed by atoms with Crippen LogP contribution >= 0.6 is 11.6 Å². The lowest BCUT2D eigenvalue weighted by molar-refractivity contribution is -0.126. The molecule has 2 aromatic carbocycles. The minimum Gasteiger partial charge on any atom is -0.459 e. The second-order valence-electron chi connectivity index (χ2n) is 10.6. The maximum atomic E-state index is 16.5. The molecule has 0 radical (unpaired) electrons. The van der Waals surface area contributed by atoms with Gasteiger partial charge in [0.2, 0.25) is 0 Å². The Morgan fingerprint density at radius 2 is 2.05 bits per heavy atom. The van der Waals surface area contributed by atoms with Crippen molar-refractivity contribution in [3.8, 4) is 23.3 Å². The van der Waals surface area contributed by atoms with E-state index in [4.69, 9.17) is 26.1 Å². The molecule has 0 unspecified atom stereocenters. The number of hydrogen-bond acceptors (Lipinski definition) is 9. The molecule has 212 valence electrons. The third-order valence-electron chi connectivity index (χ3n) is 8.21. The molecule has 4 aromatic rings. The standard InChI is InChI=1S/C30H31ClFN7O2/c1-38-14-5-11-30(38,40-2)18-41-29-36-27-22(28(37-29)39-15-13-34-20(17-39)10-12-33)16-35-26(25(27)32)21-8-3-6-19-7-4-9-23(31)24(19)21/h3-4,6-9,16,20,34H,5,10-11,13-15,17-18H2,1-2H3/t20-,30-/m0/s1. The number of halogens is 2. The number of hydrogen-bond donors (Lipinski definition) is 1. The van der Waals surface area contributed by atoms with Gasteiger partial charge >= 0.3 is 6.01 Å². The molecule has 2 aliphatic rings. The van der Waals surface area contributed by atoms with Crippen molar-refractivity contribution in [3.63, 3.8) is 0 Å². The van der Waals surface area contributed by atoms with Crippen LogP contribution in [0.1, 0.15) is 19.3 Å². The van der Waals surface area contributed by atoms with Crippen molar-refractivity contribution >= 4 is 39.1 Å². The number of methoxy groups -OCH3 is 1. The predicted molar refractivity (Wildman–Crippen MR) is 157 cm³/mol. The molecule has 0 aliphatic carbocycles. The zero-order valence-corrected chi connectivity index (χ0v) is 23.8. The number of fused-ring (bicyclic) bond motifs is 2. The fraction of sp³-hybridized carbons (Fsp3) is 0.400. The average Bonchev–Trinajstić information content (AvgIpc) is 3.36. The van der Waals surface area contributed by atoms with Crippen LogP contribution in [-0.2, 0) is 4.74 Å². The number of pyridine rings is 1. The Morgan fingerprint density at radius 3 is 2.80 bits per heavy atom. The molecular formula is C30H31ClFN7O2. The third-order valence-corrected chi connectivity index (χ3v) is 8.52. The van der Waals surface area contributed by atoms with Crippen molar-refractivity contribution in [2.24, 2.45) is 0 Å². The van der Waals surface area contributed by atoms with Crippen LogP contribution in [0.25, 0.3) is 32.9 Å². The number of benzene rings is 2. The van der Waals surface area contributed by atoms with E-state index >= 15 is 4.39 Å². The number of likely N-dealkylation sites (tertiary alicyclic amines) is 1. The summed E-state index contributed by atoms with van der Waals surface area (Å²) in [5.41, 5.74) is 0.240. The quantitative estimate of drug-likeness (QED) is 0.334. The number of rotatable bonds is 7. The molecule has 2 atom stereocenters. The normalized spacial score (nSPS) is 21.4. The van der Waals surface area contributed by atoms with Crippen LogP contribution in [0, 0.1) is 17.1 Å². The molecule has 2 aromatic heterocycles. The molecule has 0 amide bonds. The SMILES string of the molecule is CO[C@]1(COc2nc(N3CCN[C@@H](CC#N)C3)c3cnc(-c4cccc5cccc(Cl)c45)c(F)c3n2)CCCN1C. The summed E-state index contributed by atoms with van der Waals surface area (Å²) in [6.45, 7) is 2.90. The minimum absolute atomic E-state index is 0.0399. The Kier molecular flexibility index (Phi) is 7.62. The van der Waals surface area contributed by atoms with Gasteiger partial charge in [-0.25, -0.2) is 4.39 Å². The largest absolute Gasteiger partial charge is 0.459 e. The summed E-state index contributed by atoms with van der Waals surface area (Å²) in [6.07, 6.45) is 3.75. The van der Waals surface area contributed by atoms with E-state index in [2.05, 4.69) is 26.3 Å². The lowest BCUT2D eigenvalue weighted by Crippen LogP contribution is -2.51. The first-order valence-electron chi connectivity index (χ1n) is 13.7. The molecule has 41 heavy (non-hydrogen) atoms. The summed E-state index contributed by atoms with van der Waals surface area (Å²) >= 11 is 6.57. The number of nitrogens with zero attached hydrogens (tertiary/aromatic N) is 6. The van der Waals surface area contributed by atoms with E-state index in [-0.39, 0.29) is 29.9 Å². The first kappa shape index (κ1) is 27.5. The topological polar surface area (TPSA) is 99.4 Å². The fourth-order valence-electron chi connectivity index (χ4n) is 5.94. The molecule has 0 bridgehead atoms. The van der Waals surface area contributed by atoms with Gasteiger partial charge in [-0.15, -0.1) is 0 Å². The zero-order valence-electron chi connectivity index (χ0n) is 23.0. The molecule has 2 fully saturated rings. The van der Waals surface area contributed by atoms with E-state index in [0.717, 1.165) is 30.2 Å². The first-order chi connectivity index (χ1) is 19.9. The molecule has 2 aliphatic heterocycles.